The first kappa shape index (κ1) is 16.3. The minimum atomic E-state index is -0.718. The molecule has 0 spiro atoms. The summed E-state index contributed by atoms with van der Waals surface area (Å²) in [5, 5.41) is 14.7. The summed E-state index contributed by atoms with van der Waals surface area (Å²) in [7, 11) is 0. The smallest absolute Gasteiger partial charge is 0.251 e. The summed E-state index contributed by atoms with van der Waals surface area (Å²) in [6.45, 7) is 2.04. The van der Waals surface area contributed by atoms with Crippen LogP contribution in [-0.2, 0) is 0 Å². The van der Waals surface area contributed by atoms with Crippen LogP contribution in [0, 0.1) is 0 Å². The van der Waals surface area contributed by atoms with Crippen LogP contribution >= 0.6 is 0 Å². The lowest BCUT2D eigenvalue weighted by Gasteiger charge is -2.24. The van der Waals surface area contributed by atoms with E-state index in [-0.39, 0.29) is 11.9 Å². The van der Waals surface area contributed by atoms with Crippen LogP contribution in [0.15, 0.2) is 60.8 Å². The van der Waals surface area contributed by atoms with Gasteiger partial charge >= 0.3 is 0 Å². The molecule has 24 heavy (non-hydrogen) atoms. The number of hydrogen-bond donors (Lipinski definition) is 3. The van der Waals surface area contributed by atoms with Crippen LogP contribution in [-0.4, -0.2) is 22.0 Å². The lowest BCUT2D eigenvalue weighted by atomic mass is 9.98. The molecule has 0 saturated carbocycles. The molecule has 4 heteroatoms. The maximum absolute atomic E-state index is 12.6. The standard InChI is InChI=1S/C20H22N2O2/c1-2-6-17(19(23)15-7-4-3-5-8-15)22-20(24)16-10-9-14-11-12-21-18(14)13-16/h3-5,7-13,17,19,21,23H,2,6H2,1H3,(H,22,24)/t17-,19+/m0/s1. The maximum Gasteiger partial charge on any atom is 0.251 e. The van der Waals surface area contributed by atoms with Crippen LogP contribution in [0.25, 0.3) is 10.9 Å². The first-order valence-electron chi connectivity index (χ1n) is 8.30. The van der Waals surface area contributed by atoms with Crippen molar-refractivity contribution in [2.45, 2.75) is 31.9 Å². The van der Waals surface area contributed by atoms with Gasteiger partial charge in [-0.05, 0) is 35.6 Å². The van der Waals surface area contributed by atoms with Crippen molar-refractivity contribution in [1.29, 1.82) is 0 Å². The van der Waals surface area contributed by atoms with E-state index in [1.54, 1.807) is 0 Å². The Balaban J connectivity index is 1.78. The number of amides is 1. The molecule has 1 heterocycles. The first-order valence-corrected chi connectivity index (χ1v) is 8.30. The van der Waals surface area contributed by atoms with Gasteiger partial charge in [-0.2, -0.15) is 0 Å². The molecule has 2 aromatic carbocycles. The monoisotopic (exact) mass is 322 g/mol. The third-order valence-electron chi connectivity index (χ3n) is 4.26. The molecule has 3 N–H and O–H groups in total. The third-order valence-corrected chi connectivity index (χ3v) is 4.26. The van der Waals surface area contributed by atoms with Gasteiger partial charge in [-0.15, -0.1) is 0 Å². The molecule has 0 fully saturated rings. The van der Waals surface area contributed by atoms with Crippen LogP contribution in [0.3, 0.4) is 0 Å². The fourth-order valence-corrected chi connectivity index (χ4v) is 2.94. The van der Waals surface area contributed by atoms with Gasteiger partial charge in [-0.1, -0.05) is 49.7 Å². The minimum absolute atomic E-state index is 0.167. The average molecular weight is 322 g/mol. The molecule has 4 nitrogen and oxygen atoms in total. The summed E-state index contributed by atoms with van der Waals surface area (Å²) >= 11 is 0. The Morgan fingerprint density at radius 3 is 2.71 bits per heavy atom. The van der Waals surface area contributed by atoms with E-state index >= 15 is 0 Å². The number of aromatic amines is 1. The van der Waals surface area contributed by atoms with Crippen LogP contribution in [0.1, 0.15) is 41.8 Å². The molecule has 3 aromatic rings. The molecule has 1 amide bonds. The number of H-pyrrole nitrogens is 1. The van der Waals surface area contributed by atoms with E-state index < -0.39 is 6.10 Å². The van der Waals surface area contributed by atoms with E-state index in [2.05, 4.69) is 10.3 Å². The van der Waals surface area contributed by atoms with Crippen molar-refractivity contribution in [3.63, 3.8) is 0 Å². The number of carbonyl (C=O) groups excluding carboxylic acids is 1. The molecule has 0 aliphatic carbocycles. The molecular weight excluding hydrogens is 300 g/mol. The molecule has 0 unspecified atom stereocenters. The number of hydrogen-bond acceptors (Lipinski definition) is 2. The fraction of sp³-hybridized carbons (Fsp3) is 0.250. The Hall–Kier alpha value is -2.59. The lowest BCUT2D eigenvalue weighted by molar-refractivity contribution is 0.0820. The minimum Gasteiger partial charge on any atom is -0.386 e. The molecular formula is C20H22N2O2. The van der Waals surface area contributed by atoms with E-state index in [4.69, 9.17) is 0 Å². The van der Waals surface area contributed by atoms with Crippen molar-refractivity contribution in [2.75, 3.05) is 0 Å². The van der Waals surface area contributed by atoms with Crippen LogP contribution in [0.2, 0.25) is 0 Å². The van der Waals surface area contributed by atoms with E-state index in [0.717, 1.165) is 22.9 Å². The van der Waals surface area contributed by atoms with Crippen molar-refractivity contribution >= 4 is 16.8 Å². The van der Waals surface area contributed by atoms with Crippen LogP contribution in [0.4, 0.5) is 0 Å². The van der Waals surface area contributed by atoms with E-state index in [1.165, 1.54) is 0 Å². The van der Waals surface area contributed by atoms with E-state index in [1.807, 2.05) is 67.7 Å². The highest BCUT2D eigenvalue weighted by molar-refractivity contribution is 5.98. The molecule has 0 aliphatic rings. The van der Waals surface area contributed by atoms with Crippen molar-refractivity contribution in [3.8, 4) is 0 Å². The second kappa shape index (κ2) is 7.32. The molecule has 0 aliphatic heterocycles. The zero-order valence-electron chi connectivity index (χ0n) is 13.7. The highest BCUT2D eigenvalue weighted by atomic mass is 16.3. The average Bonchev–Trinajstić information content (AvgIpc) is 3.09. The second-order valence-corrected chi connectivity index (χ2v) is 6.00. The molecule has 124 valence electrons. The van der Waals surface area contributed by atoms with Crippen molar-refractivity contribution in [2.24, 2.45) is 0 Å². The predicted molar refractivity (Wildman–Crippen MR) is 95.9 cm³/mol. The molecule has 2 atom stereocenters. The predicted octanol–water partition coefficient (Wildman–Crippen LogP) is 3.80. The summed E-state index contributed by atoms with van der Waals surface area (Å²) in [6, 6.07) is 16.7. The Labute approximate surface area is 141 Å². The Morgan fingerprint density at radius 1 is 1.17 bits per heavy atom. The highest BCUT2D eigenvalue weighted by Gasteiger charge is 2.22. The largest absolute Gasteiger partial charge is 0.386 e. The second-order valence-electron chi connectivity index (χ2n) is 6.00. The van der Waals surface area contributed by atoms with Crippen molar-refractivity contribution < 1.29 is 9.90 Å². The zero-order valence-corrected chi connectivity index (χ0v) is 13.7. The normalized spacial score (nSPS) is 13.6. The number of aliphatic hydroxyl groups excluding tert-OH is 1. The Bertz CT molecular complexity index is 811. The number of aromatic nitrogens is 1. The zero-order chi connectivity index (χ0) is 16.9. The van der Waals surface area contributed by atoms with Gasteiger partial charge in [0.1, 0.15) is 0 Å². The third kappa shape index (κ3) is 3.49. The van der Waals surface area contributed by atoms with Gasteiger partial charge in [0, 0.05) is 17.3 Å². The van der Waals surface area contributed by atoms with Gasteiger partial charge in [0.15, 0.2) is 0 Å². The van der Waals surface area contributed by atoms with Gasteiger partial charge in [-0.3, -0.25) is 4.79 Å². The summed E-state index contributed by atoms with van der Waals surface area (Å²) in [5.41, 5.74) is 2.33. The Morgan fingerprint density at radius 2 is 1.96 bits per heavy atom. The number of rotatable bonds is 6. The summed E-state index contributed by atoms with van der Waals surface area (Å²) in [5.74, 6) is -0.167. The van der Waals surface area contributed by atoms with E-state index in [0.29, 0.717) is 12.0 Å². The topological polar surface area (TPSA) is 65.1 Å². The molecule has 0 bridgehead atoms. The fourth-order valence-electron chi connectivity index (χ4n) is 2.94. The number of carbonyl (C=O) groups is 1. The summed E-state index contributed by atoms with van der Waals surface area (Å²) in [4.78, 5) is 15.7. The molecule has 3 rings (SSSR count). The molecule has 0 saturated heterocycles. The van der Waals surface area contributed by atoms with Crippen molar-refractivity contribution in [3.05, 3.63) is 71.9 Å². The van der Waals surface area contributed by atoms with E-state index in [9.17, 15) is 9.90 Å². The number of fused-ring (bicyclic) bond motifs is 1. The van der Waals surface area contributed by atoms with Crippen LogP contribution < -0.4 is 5.32 Å². The van der Waals surface area contributed by atoms with Gasteiger partial charge in [0.05, 0.1) is 12.1 Å². The Kier molecular flexibility index (Phi) is 4.96. The number of nitrogens with one attached hydrogen (secondary N) is 2. The van der Waals surface area contributed by atoms with Gasteiger partial charge in [0.25, 0.3) is 5.91 Å². The summed E-state index contributed by atoms with van der Waals surface area (Å²) < 4.78 is 0. The quantitative estimate of drug-likeness (QED) is 0.646. The number of benzene rings is 2. The SMILES string of the molecule is CCC[C@H](NC(=O)c1ccc2cc[nH]c2c1)[C@H](O)c1ccccc1. The first-order chi connectivity index (χ1) is 11.7. The van der Waals surface area contributed by atoms with Crippen molar-refractivity contribution in [1.82, 2.24) is 10.3 Å². The van der Waals surface area contributed by atoms with Gasteiger partial charge < -0.3 is 15.4 Å². The van der Waals surface area contributed by atoms with Gasteiger partial charge in [0.2, 0.25) is 0 Å². The lowest BCUT2D eigenvalue weighted by Crippen LogP contribution is -2.39. The molecule has 0 radical (unpaired) electrons. The van der Waals surface area contributed by atoms with Crippen LogP contribution in [0.5, 0.6) is 0 Å². The molecule has 1 aromatic heterocycles. The van der Waals surface area contributed by atoms with Gasteiger partial charge in [-0.25, -0.2) is 0 Å². The maximum atomic E-state index is 12.6. The number of aliphatic hydroxyl groups is 1. The highest BCUT2D eigenvalue weighted by Crippen LogP contribution is 2.21. The summed E-state index contributed by atoms with van der Waals surface area (Å²) in [6.07, 6.45) is 2.73.